The number of urea groups is 2. The van der Waals surface area contributed by atoms with Gasteiger partial charge in [0.25, 0.3) is 0 Å². The highest BCUT2D eigenvalue weighted by atomic mass is 35.5. The van der Waals surface area contributed by atoms with E-state index in [1.165, 1.54) is 0 Å². The SMILES string of the molecule is O=C(NCCCCCCCCNS(=O)(=O)c1ccc(O[C@@H]2CCc3c(Cl)cc(Cl)cc32)cc1)NCCCCNC(=O)NCCCCCCCCNS(=O)(=O)c1ccc(O[C@@H]2CCc3c(Cl)cc(Cl)cc32)cc1. The Morgan fingerprint density at radius 1 is 0.444 bits per heavy atom. The zero-order valence-corrected chi connectivity index (χ0v) is 45.3. The molecule has 6 rings (SSSR count). The molecule has 72 heavy (non-hydrogen) atoms. The summed E-state index contributed by atoms with van der Waals surface area (Å²) in [6.45, 7) is 2.91. The molecule has 0 radical (unpaired) electrons. The maximum atomic E-state index is 12.8. The number of hydrogen-bond donors (Lipinski definition) is 6. The number of halogens is 4. The number of rotatable bonds is 31. The van der Waals surface area contributed by atoms with Crippen LogP contribution in [-0.4, -0.2) is 68.2 Å². The molecule has 4 aromatic carbocycles. The summed E-state index contributed by atoms with van der Waals surface area (Å²) in [4.78, 5) is 24.7. The molecule has 2 aliphatic rings. The lowest BCUT2D eigenvalue weighted by atomic mass is 10.1. The third-order valence-electron chi connectivity index (χ3n) is 12.8. The predicted octanol–water partition coefficient (Wildman–Crippen LogP) is 11.7. The minimum atomic E-state index is -3.64. The Morgan fingerprint density at radius 3 is 1.10 bits per heavy atom. The first-order chi connectivity index (χ1) is 34.7. The molecule has 394 valence electrons. The molecule has 6 N–H and O–H groups in total. The van der Waals surface area contributed by atoms with Crippen LogP contribution in [0.2, 0.25) is 20.1 Å². The van der Waals surface area contributed by atoms with Crippen molar-refractivity contribution in [2.24, 2.45) is 0 Å². The van der Waals surface area contributed by atoms with Gasteiger partial charge >= 0.3 is 12.1 Å². The van der Waals surface area contributed by atoms with E-state index in [-0.39, 0.29) is 34.1 Å². The first-order valence-corrected chi connectivity index (χ1v) is 29.7. The fourth-order valence-electron chi connectivity index (χ4n) is 8.86. The Hall–Kier alpha value is -4.00. The van der Waals surface area contributed by atoms with Crippen LogP contribution >= 0.6 is 46.4 Å². The van der Waals surface area contributed by atoms with Crippen molar-refractivity contribution in [3.63, 3.8) is 0 Å². The van der Waals surface area contributed by atoms with Crippen LogP contribution in [0.1, 0.15) is 137 Å². The number of fused-ring (bicyclic) bond motifs is 2. The van der Waals surface area contributed by atoms with E-state index in [0.29, 0.717) is 70.9 Å². The van der Waals surface area contributed by atoms with E-state index in [1.54, 1.807) is 60.7 Å². The lowest BCUT2D eigenvalue weighted by Gasteiger charge is -2.16. The van der Waals surface area contributed by atoms with Gasteiger partial charge in [-0.3, -0.25) is 0 Å². The van der Waals surface area contributed by atoms with Gasteiger partial charge in [0.1, 0.15) is 23.7 Å². The van der Waals surface area contributed by atoms with Gasteiger partial charge in [0.15, 0.2) is 0 Å². The molecule has 4 amide bonds. The number of benzene rings is 4. The van der Waals surface area contributed by atoms with Crippen molar-refractivity contribution in [3.8, 4) is 11.5 Å². The van der Waals surface area contributed by atoms with Gasteiger partial charge in [0, 0.05) is 59.4 Å². The Morgan fingerprint density at radius 2 is 0.750 bits per heavy atom. The molecule has 0 fully saturated rings. The molecule has 0 saturated carbocycles. The van der Waals surface area contributed by atoms with Gasteiger partial charge in [0.05, 0.1) is 9.79 Å². The quantitative estimate of drug-likeness (QED) is 0.0268. The molecular formula is C52H68Cl4N6O8S2. The molecule has 20 heteroatoms. The lowest BCUT2D eigenvalue weighted by Crippen LogP contribution is -2.38. The van der Waals surface area contributed by atoms with Crippen LogP contribution in [0.15, 0.2) is 82.6 Å². The fraction of sp³-hybridized carbons (Fsp3) is 0.500. The van der Waals surface area contributed by atoms with Crippen molar-refractivity contribution in [1.29, 1.82) is 0 Å². The molecule has 2 atom stereocenters. The van der Waals surface area contributed by atoms with E-state index in [4.69, 9.17) is 55.9 Å². The largest absolute Gasteiger partial charge is 0.486 e. The van der Waals surface area contributed by atoms with Crippen molar-refractivity contribution >= 4 is 78.5 Å². The van der Waals surface area contributed by atoms with Crippen molar-refractivity contribution < 1.29 is 35.9 Å². The molecule has 0 saturated heterocycles. The molecule has 4 aromatic rings. The number of sulfonamides is 2. The summed E-state index contributed by atoms with van der Waals surface area (Å²) in [5.41, 5.74) is 4.02. The smallest absolute Gasteiger partial charge is 0.314 e. The summed E-state index contributed by atoms with van der Waals surface area (Å²) in [5.74, 6) is 1.16. The summed E-state index contributed by atoms with van der Waals surface area (Å²) < 4.78 is 69.0. The average molecular weight is 1110 g/mol. The lowest BCUT2D eigenvalue weighted by molar-refractivity contribution is 0.207. The monoisotopic (exact) mass is 1110 g/mol. The highest BCUT2D eigenvalue weighted by Gasteiger charge is 2.28. The van der Waals surface area contributed by atoms with Crippen molar-refractivity contribution in [1.82, 2.24) is 30.7 Å². The number of nitrogens with one attached hydrogen (secondary N) is 6. The zero-order chi connectivity index (χ0) is 51.4. The van der Waals surface area contributed by atoms with E-state index in [1.807, 2.05) is 12.1 Å². The Kier molecular flexibility index (Phi) is 23.2. The highest BCUT2D eigenvalue weighted by Crippen LogP contribution is 2.42. The van der Waals surface area contributed by atoms with Gasteiger partial charge in [-0.25, -0.2) is 35.9 Å². The second-order valence-electron chi connectivity index (χ2n) is 18.3. The number of carbonyl (C=O) groups is 2. The van der Waals surface area contributed by atoms with Gasteiger partial charge in [-0.1, -0.05) is 97.8 Å². The van der Waals surface area contributed by atoms with E-state index < -0.39 is 20.0 Å². The molecule has 2 aliphatic carbocycles. The Labute approximate surface area is 445 Å². The van der Waals surface area contributed by atoms with Gasteiger partial charge in [-0.05, 0) is 159 Å². The summed E-state index contributed by atoms with van der Waals surface area (Å²) in [6.07, 6.45) is 15.1. The minimum Gasteiger partial charge on any atom is -0.486 e. The van der Waals surface area contributed by atoms with Crippen molar-refractivity contribution in [3.05, 3.63) is 115 Å². The second-order valence-corrected chi connectivity index (χ2v) is 23.5. The van der Waals surface area contributed by atoms with E-state index in [0.717, 1.165) is 138 Å². The summed E-state index contributed by atoms with van der Waals surface area (Å²) in [5, 5.41) is 13.9. The number of amides is 4. The van der Waals surface area contributed by atoms with E-state index in [9.17, 15) is 26.4 Å². The van der Waals surface area contributed by atoms with Gasteiger partial charge in [0.2, 0.25) is 20.0 Å². The molecule has 14 nitrogen and oxygen atoms in total. The topological polar surface area (TPSA) is 193 Å². The van der Waals surface area contributed by atoms with Crippen LogP contribution in [-0.2, 0) is 32.9 Å². The first-order valence-electron chi connectivity index (χ1n) is 25.2. The Bertz CT molecular complexity index is 2430. The van der Waals surface area contributed by atoms with Gasteiger partial charge in [-0.15, -0.1) is 0 Å². The number of carbonyl (C=O) groups excluding carboxylic acids is 2. The summed E-state index contributed by atoms with van der Waals surface area (Å²) in [6, 6.07) is 19.7. The van der Waals surface area contributed by atoms with Crippen LogP contribution < -0.4 is 40.2 Å². The van der Waals surface area contributed by atoms with E-state index in [2.05, 4.69) is 30.7 Å². The maximum absolute atomic E-state index is 12.8. The number of hydrogen-bond acceptors (Lipinski definition) is 8. The third kappa shape index (κ3) is 18.4. The minimum absolute atomic E-state index is 0.188. The van der Waals surface area contributed by atoms with Crippen LogP contribution in [0.4, 0.5) is 9.59 Å². The van der Waals surface area contributed by atoms with Gasteiger partial charge < -0.3 is 30.7 Å². The molecule has 0 aromatic heterocycles. The first kappa shape index (κ1) is 57.3. The zero-order valence-electron chi connectivity index (χ0n) is 40.6. The standard InChI is InChI=1S/C52H68Cl4N6O8S2/c53-37-33-45-43(47(55)35-37)23-25-49(45)69-39-15-19-41(20-16-39)71(65,66)61-31-11-7-3-1-5-9-27-57-51(63)59-29-13-14-30-60-52(64)58-28-10-6-2-4-8-12-32-62-72(67,68)42-21-17-40(18-22-42)70-50-26-24-44-46(50)34-38(54)36-48(44)56/h15-22,33-36,49-50,61-62H,1-14,23-32H2,(H2,57,59,63)(H2,58,60,64)/t49-,50-/m1/s1. The fourth-order valence-corrected chi connectivity index (χ4v) is 12.2. The predicted molar refractivity (Wildman–Crippen MR) is 287 cm³/mol. The third-order valence-corrected chi connectivity index (χ3v) is 16.8. The van der Waals surface area contributed by atoms with Crippen molar-refractivity contribution in [2.45, 2.75) is 138 Å². The van der Waals surface area contributed by atoms with Crippen LogP contribution in [0.5, 0.6) is 11.5 Å². The maximum Gasteiger partial charge on any atom is 0.314 e. The van der Waals surface area contributed by atoms with Gasteiger partial charge in [-0.2, -0.15) is 0 Å². The summed E-state index contributed by atoms with van der Waals surface area (Å²) >= 11 is 25.1. The molecular weight excluding hydrogens is 1040 g/mol. The molecule has 0 bridgehead atoms. The Balaban J connectivity index is 0.673. The molecule has 0 aliphatic heterocycles. The average Bonchev–Trinajstić information content (AvgIpc) is 3.95. The van der Waals surface area contributed by atoms with Crippen LogP contribution in [0.25, 0.3) is 0 Å². The van der Waals surface area contributed by atoms with E-state index >= 15 is 0 Å². The molecule has 0 unspecified atom stereocenters. The summed E-state index contributed by atoms with van der Waals surface area (Å²) in [7, 11) is -7.27. The van der Waals surface area contributed by atoms with Crippen molar-refractivity contribution in [2.75, 3.05) is 39.3 Å². The highest BCUT2D eigenvalue weighted by molar-refractivity contribution is 7.89. The number of ether oxygens (including phenoxy) is 2. The molecule has 0 heterocycles. The van der Waals surface area contributed by atoms with Crippen LogP contribution in [0.3, 0.4) is 0 Å². The second kappa shape index (κ2) is 29.2. The molecule has 0 spiro atoms. The normalized spacial score (nSPS) is 15.2. The van der Waals surface area contributed by atoms with Crippen LogP contribution in [0, 0.1) is 0 Å². The number of unbranched alkanes of at least 4 members (excludes halogenated alkanes) is 11.